The van der Waals surface area contributed by atoms with Gasteiger partial charge in [0.05, 0.1) is 28.9 Å². The molecule has 2 aromatic heterocycles. The number of imidazole rings is 1. The Balaban J connectivity index is 2.10. The van der Waals surface area contributed by atoms with Gasteiger partial charge in [-0.25, -0.2) is 9.97 Å². The summed E-state index contributed by atoms with van der Waals surface area (Å²) in [5.41, 5.74) is 1.76. The summed E-state index contributed by atoms with van der Waals surface area (Å²) in [6, 6.07) is 0. The molecule has 80 valence electrons. The first kappa shape index (κ1) is 10.3. The lowest BCUT2D eigenvalue weighted by atomic mass is 10.1. The molecule has 0 aliphatic carbocycles. The first-order chi connectivity index (χ1) is 7.16. The van der Waals surface area contributed by atoms with Gasteiger partial charge in [0.25, 0.3) is 0 Å². The Kier molecular flexibility index (Phi) is 2.83. The second kappa shape index (κ2) is 4.12. The molecule has 2 aromatic rings. The summed E-state index contributed by atoms with van der Waals surface area (Å²) in [5, 5.41) is 13.0. The third-order valence-electron chi connectivity index (χ3n) is 2.26. The summed E-state index contributed by atoms with van der Waals surface area (Å²) in [6.45, 7) is 1.96. The Morgan fingerprint density at radius 3 is 2.93 bits per heavy atom. The summed E-state index contributed by atoms with van der Waals surface area (Å²) in [7, 11) is 1.87. The van der Waals surface area contributed by atoms with Crippen molar-refractivity contribution in [2.75, 3.05) is 0 Å². The number of aliphatic hydroxyl groups is 1. The van der Waals surface area contributed by atoms with Crippen molar-refractivity contribution in [2.24, 2.45) is 7.05 Å². The second-order valence-electron chi connectivity index (χ2n) is 3.51. The molecule has 15 heavy (non-hydrogen) atoms. The lowest BCUT2D eigenvalue weighted by Crippen LogP contribution is -2.06. The number of thiazole rings is 1. The molecular formula is C10H13N3OS. The smallest absolute Gasteiger partial charge is 0.101 e. The lowest BCUT2D eigenvalue weighted by molar-refractivity contribution is 0.169. The highest BCUT2D eigenvalue weighted by Gasteiger charge is 2.13. The molecule has 0 radical (unpaired) electrons. The fourth-order valence-electron chi connectivity index (χ4n) is 1.49. The van der Waals surface area contributed by atoms with Gasteiger partial charge in [-0.15, -0.1) is 11.3 Å². The van der Waals surface area contributed by atoms with Crippen LogP contribution in [0.5, 0.6) is 0 Å². The van der Waals surface area contributed by atoms with Crippen molar-refractivity contribution in [1.82, 2.24) is 14.5 Å². The topological polar surface area (TPSA) is 50.9 Å². The van der Waals surface area contributed by atoms with Crippen LogP contribution in [0.2, 0.25) is 0 Å². The number of hydrogen-bond acceptors (Lipinski definition) is 4. The quantitative estimate of drug-likeness (QED) is 0.857. The molecule has 1 N–H and O–H groups in total. The van der Waals surface area contributed by atoms with Gasteiger partial charge in [0, 0.05) is 18.8 Å². The van der Waals surface area contributed by atoms with Gasteiger partial charge < -0.3 is 9.67 Å². The van der Waals surface area contributed by atoms with E-state index in [0.717, 1.165) is 16.4 Å². The molecule has 0 saturated carbocycles. The normalized spacial score (nSPS) is 13.0. The Bertz CT molecular complexity index is 449. The first-order valence-electron chi connectivity index (χ1n) is 4.72. The van der Waals surface area contributed by atoms with Gasteiger partial charge in [-0.3, -0.25) is 0 Å². The Hall–Kier alpha value is -1.20. The number of nitrogens with zero attached hydrogens (tertiary/aromatic N) is 3. The van der Waals surface area contributed by atoms with Crippen LogP contribution >= 0.6 is 11.3 Å². The zero-order valence-corrected chi connectivity index (χ0v) is 9.53. The first-order valence-corrected chi connectivity index (χ1v) is 5.60. The van der Waals surface area contributed by atoms with Crippen LogP contribution in [-0.2, 0) is 13.5 Å². The van der Waals surface area contributed by atoms with Crippen LogP contribution in [0.1, 0.15) is 22.5 Å². The predicted octanol–water partition coefficient (Wildman–Crippen LogP) is 1.46. The minimum atomic E-state index is -0.529. The highest BCUT2D eigenvalue weighted by molar-refractivity contribution is 7.09. The van der Waals surface area contributed by atoms with Gasteiger partial charge in [-0.2, -0.15) is 0 Å². The molecule has 2 rings (SSSR count). The Labute approximate surface area is 92.2 Å². The van der Waals surface area contributed by atoms with Gasteiger partial charge in [0.2, 0.25) is 0 Å². The van der Waals surface area contributed by atoms with E-state index < -0.39 is 6.10 Å². The van der Waals surface area contributed by atoms with Crippen LogP contribution in [0.3, 0.4) is 0 Å². The predicted molar refractivity (Wildman–Crippen MR) is 58.7 cm³/mol. The second-order valence-corrected chi connectivity index (χ2v) is 4.57. The summed E-state index contributed by atoms with van der Waals surface area (Å²) >= 11 is 1.60. The number of rotatable bonds is 3. The molecular weight excluding hydrogens is 210 g/mol. The number of aromatic nitrogens is 3. The average Bonchev–Trinajstić information content (AvgIpc) is 2.75. The van der Waals surface area contributed by atoms with Gasteiger partial charge in [0.15, 0.2) is 0 Å². The largest absolute Gasteiger partial charge is 0.386 e. The highest BCUT2D eigenvalue weighted by Crippen LogP contribution is 2.18. The van der Waals surface area contributed by atoms with Crippen molar-refractivity contribution in [1.29, 1.82) is 0 Å². The van der Waals surface area contributed by atoms with E-state index in [4.69, 9.17) is 0 Å². The summed E-state index contributed by atoms with van der Waals surface area (Å²) < 4.78 is 1.82. The Morgan fingerprint density at radius 2 is 2.40 bits per heavy atom. The van der Waals surface area contributed by atoms with E-state index in [2.05, 4.69) is 9.97 Å². The molecule has 0 bridgehead atoms. The molecule has 0 aliphatic rings. The van der Waals surface area contributed by atoms with E-state index in [1.165, 1.54) is 0 Å². The fraction of sp³-hybridized carbons (Fsp3) is 0.400. The van der Waals surface area contributed by atoms with Crippen molar-refractivity contribution >= 4 is 11.3 Å². The summed E-state index contributed by atoms with van der Waals surface area (Å²) in [4.78, 5) is 8.29. The van der Waals surface area contributed by atoms with E-state index in [0.29, 0.717) is 6.42 Å². The van der Waals surface area contributed by atoms with Gasteiger partial charge >= 0.3 is 0 Å². The maximum absolute atomic E-state index is 9.96. The SMILES string of the molecule is Cc1nc(CC(O)c2cncn2C)cs1. The van der Waals surface area contributed by atoms with Crippen molar-refractivity contribution in [3.05, 3.63) is 34.3 Å². The molecule has 0 amide bonds. The van der Waals surface area contributed by atoms with E-state index in [9.17, 15) is 5.11 Å². The number of aryl methyl sites for hydroxylation is 2. The minimum absolute atomic E-state index is 0.529. The van der Waals surface area contributed by atoms with E-state index in [1.807, 2.05) is 23.9 Å². The van der Waals surface area contributed by atoms with E-state index >= 15 is 0 Å². The van der Waals surface area contributed by atoms with Gasteiger partial charge in [0.1, 0.15) is 6.10 Å². The van der Waals surface area contributed by atoms with Crippen molar-refractivity contribution in [3.63, 3.8) is 0 Å². The zero-order chi connectivity index (χ0) is 10.8. The van der Waals surface area contributed by atoms with Crippen LogP contribution in [0.25, 0.3) is 0 Å². The van der Waals surface area contributed by atoms with Crippen molar-refractivity contribution in [3.8, 4) is 0 Å². The number of aliphatic hydroxyl groups excluding tert-OH is 1. The van der Waals surface area contributed by atoms with E-state index in [-0.39, 0.29) is 0 Å². The van der Waals surface area contributed by atoms with Crippen LogP contribution < -0.4 is 0 Å². The fourth-order valence-corrected chi connectivity index (χ4v) is 2.12. The van der Waals surface area contributed by atoms with Crippen LogP contribution in [0, 0.1) is 6.92 Å². The van der Waals surface area contributed by atoms with Crippen LogP contribution in [0.15, 0.2) is 17.9 Å². The molecule has 0 spiro atoms. The maximum atomic E-state index is 9.96. The standard InChI is InChI=1S/C10H13N3OS/c1-7-12-8(5-15-7)3-10(14)9-4-11-6-13(9)2/h4-6,10,14H,3H2,1-2H3. The summed E-state index contributed by atoms with van der Waals surface area (Å²) in [6.07, 6.45) is 3.39. The van der Waals surface area contributed by atoms with Crippen molar-refractivity contribution < 1.29 is 5.11 Å². The molecule has 1 atom stereocenters. The molecule has 0 saturated heterocycles. The Morgan fingerprint density at radius 1 is 1.60 bits per heavy atom. The highest BCUT2D eigenvalue weighted by atomic mass is 32.1. The molecule has 0 aromatic carbocycles. The van der Waals surface area contributed by atoms with Crippen LogP contribution in [-0.4, -0.2) is 19.6 Å². The van der Waals surface area contributed by atoms with Crippen molar-refractivity contribution in [2.45, 2.75) is 19.4 Å². The van der Waals surface area contributed by atoms with E-state index in [1.54, 1.807) is 23.9 Å². The molecule has 0 fully saturated rings. The third kappa shape index (κ3) is 2.24. The minimum Gasteiger partial charge on any atom is -0.386 e. The summed E-state index contributed by atoms with van der Waals surface area (Å²) in [5.74, 6) is 0. The number of hydrogen-bond donors (Lipinski definition) is 1. The van der Waals surface area contributed by atoms with Gasteiger partial charge in [-0.05, 0) is 6.92 Å². The molecule has 4 nitrogen and oxygen atoms in total. The molecule has 2 heterocycles. The third-order valence-corrected chi connectivity index (χ3v) is 3.09. The zero-order valence-electron chi connectivity index (χ0n) is 8.71. The lowest BCUT2D eigenvalue weighted by Gasteiger charge is -2.09. The maximum Gasteiger partial charge on any atom is 0.101 e. The monoisotopic (exact) mass is 223 g/mol. The van der Waals surface area contributed by atoms with Gasteiger partial charge in [-0.1, -0.05) is 0 Å². The molecule has 0 aliphatic heterocycles. The molecule has 5 heteroatoms. The van der Waals surface area contributed by atoms with Crippen LogP contribution in [0.4, 0.5) is 0 Å². The average molecular weight is 223 g/mol. The molecule has 1 unspecified atom stereocenters.